The van der Waals surface area contributed by atoms with Gasteiger partial charge in [0, 0.05) is 27.2 Å². The van der Waals surface area contributed by atoms with Crippen LogP contribution in [-0.4, -0.2) is 391 Å². The number of aliphatic carboxylic acids is 1. The minimum Gasteiger partial charge on any atom is -0.477 e. The second kappa shape index (κ2) is 32.3. The molecule has 0 spiro atoms. The molecular formula is C51H85N3O38. The molecule has 0 aromatic carbocycles. The highest BCUT2D eigenvalue weighted by Crippen LogP contribution is 2.41. The van der Waals surface area contributed by atoms with Gasteiger partial charge < -0.3 is 185 Å². The van der Waals surface area contributed by atoms with E-state index in [0.717, 1.165) is 20.8 Å². The molecule has 0 unspecified atom stereocenters. The van der Waals surface area contributed by atoms with Gasteiger partial charge in [0.2, 0.25) is 17.7 Å². The van der Waals surface area contributed by atoms with Gasteiger partial charge in [-0.15, -0.1) is 0 Å². The lowest BCUT2D eigenvalue weighted by Gasteiger charge is -2.52. The fraction of sp³-hybridized carbons (Fsp3) is 0.922. The number of ether oxygens (including phenoxy) is 13. The normalized spacial score (nSPS) is 47.6. The lowest BCUT2D eigenvalue weighted by atomic mass is 9.88. The van der Waals surface area contributed by atoms with Crippen molar-refractivity contribution in [1.29, 1.82) is 0 Å². The number of carboxylic acid groups (broad SMARTS) is 1. The van der Waals surface area contributed by atoms with Crippen molar-refractivity contribution in [3.63, 3.8) is 0 Å². The van der Waals surface area contributed by atoms with Gasteiger partial charge in [-0.1, -0.05) is 0 Å². The highest BCUT2D eigenvalue weighted by molar-refractivity contribution is 5.77. The Hall–Kier alpha value is -3.44. The summed E-state index contributed by atoms with van der Waals surface area (Å²) < 4.78 is 76.0. The molecule has 7 saturated heterocycles. The first kappa shape index (κ1) is 75.9. The van der Waals surface area contributed by atoms with Gasteiger partial charge in [0.1, 0.15) is 159 Å². The highest BCUT2D eigenvalue weighted by Gasteiger charge is 2.62. The van der Waals surface area contributed by atoms with Crippen molar-refractivity contribution in [3.05, 3.63) is 0 Å². The molecule has 0 aromatic heterocycles. The van der Waals surface area contributed by atoms with Gasteiger partial charge in [-0.2, -0.15) is 0 Å². The van der Waals surface area contributed by atoms with Crippen LogP contribution in [0.3, 0.4) is 0 Å². The smallest absolute Gasteiger partial charge is 0.364 e. The van der Waals surface area contributed by atoms with Gasteiger partial charge in [0.05, 0.1) is 57.9 Å². The average molecular weight is 1350 g/mol. The van der Waals surface area contributed by atoms with Gasteiger partial charge in [0.15, 0.2) is 37.7 Å². The SMILES string of the molecule is CC(=O)N[C@H]1[C@H](O[C@@H]2[C@@H](O)[C@H](O)O[C@H](CO)[C@@H]2O)O[C@H](CO)[C@@H](O[C@@H]2O[C@H](CO)[C@H](O)[C@H](O[C@@H]3O[C@H](CO)[C@@H](O[C@@H]4O[C@H](CO)[C@H](O)[C@H](O[C@]5(C(=O)O)C[C@H](O)[C@@H](NC(C)=O)[C@H]([C@H](O)[C@H](O)CO)O5)[C@H]4O)[C@H](O[C@@H]4O[C@@H](C)[C@@H](O)[C@@H](O)[C@@H]4O)[C@H]3NC(C)=O)[C@H]2O)[C@@H]1O. The van der Waals surface area contributed by atoms with E-state index < -0.39 is 290 Å². The molecule has 0 aliphatic carbocycles. The molecule has 41 heteroatoms. The fourth-order valence-corrected chi connectivity index (χ4v) is 11.8. The number of amides is 3. The summed E-state index contributed by atoms with van der Waals surface area (Å²) in [4.78, 5) is 51.3. The Balaban J connectivity index is 1.22. The van der Waals surface area contributed by atoms with Crippen LogP contribution in [0.25, 0.3) is 0 Å². The summed E-state index contributed by atoms with van der Waals surface area (Å²) >= 11 is 0. The van der Waals surface area contributed by atoms with Crippen LogP contribution < -0.4 is 16.0 Å². The van der Waals surface area contributed by atoms with Gasteiger partial charge in [-0.05, 0) is 6.92 Å². The van der Waals surface area contributed by atoms with Crippen LogP contribution >= 0.6 is 0 Å². The molecule has 532 valence electrons. The Morgan fingerprint density at radius 2 is 0.859 bits per heavy atom. The number of nitrogens with one attached hydrogen (secondary N) is 3. The van der Waals surface area contributed by atoms with Crippen LogP contribution in [0.5, 0.6) is 0 Å². The first-order valence-corrected chi connectivity index (χ1v) is 29.1. The fourth-order valence-electron chi connectivity index (χ4n) is 11.8. The van der Waals surface area contributed by atoms with Crippen molar-refractivity contribution in [3.8, 4) is 0 Å². The second-order valence-corrected chi connectivity index (χ2v) is 23.2. The molecule has 0 aromatic rings. The maximum Gasteiger partial charge on any atom is 0.364 e. The van der Waals surface area contributed by atoms with E-state index in [2.05, 4.69) is 16.0 Å². The van der Waals surface area contributed by atoms with E-state index in [1.165, 1.54) is 6.92 Å². The zero-order valence-corrected chi connectivity index (χ0v) is 49.5. The average Bonchev–Trinajstić information content (AvgIpc) is 0.763. The number of hydrogen-bond donors (Lipinski definition) is 24. The maximum atomic E-state index is 13.3. The summed E-state index contributed by atoms with van der Waals surface area (Å²) in [6.07, 6.45) is -67.4. The molecule has 0 saturated carbocycles. The summed E-state index contributed by atoms with van der Waals surface area (Å²) in [5, 5.41) is 237. The van der Waals surface area contributed by atoms with Gasteiger partial charge >= 0.3 is 5.97 Å². The molecular weight excluding hydrogens is 1260 g/mol. The number of carbonyl (C=O) groups is 4. The summed E-state index contributed by atoms with van der Waals surface area (Å²) in [7, 11) is 0. The molecule has 0 radical (unpaired) electrons. The van der Waals surface area contributed by atoms with E-state index in [1.54, 1.807) is 0 Å². The molecule has 92 heavy (non-hydrogen) atoms. The predicted octanol–water partition coefficient (Wildman–Crippen LogP) is -15.6. The molecule has 0 bridgehead atoms. The molecule has 7 aliphatic rings. The maximum absolute atomic E-state index is 13.3. The first-order chi connectivity index (χ1) is 43.3. The van der Waals surface area contributed by atoms with Gasteiger partial charge in [-0.3, -0.25) is 14.4 Å². The van der Waals surface area contributed by atoms with Gasteiger partial charge in [0.25, 0.3) is 5.79 Å². The lowest BCUT2D eigenvalue weighted by molar-refractivity contribution is -0.399. The third-order valence-electron chi connectivity index (χ3n) is 16.7. The number of rotatable bonds is 24. The molecule has 7 heterocycles. The monoisotopic (exact) mass is 1350 g/mol. The largest absolute Gasteiger partial charge is 0.477 e. The van der Waals surface area contributed by atoms with Crippen LogP contribution in [0.15, 0.2) is 0 Å². The summed E-state index contributed by atoms with van der Waals surface area (Å²) in [6.45, 7) is -2.66. The molecule has 7 rings (SSSR count). The minimum absolute atomic E-state index is 0.860. The Labute approximate surface area is 520 Å². The van der Waals surface area contributed by atoms with E-state index in [9.17, 15) is 126 Å². The van der Waals surface area contributed by atoms with Crippen LogP contribution in [0.4, 0.5) is 0 Å². The quantitative estimate of drug-likeness (QED) is 0.0427. The van der Waals surface area contributed by atoms with E-state index >= 15 is 0 Å². The third-order valence-corrected chi connectivity index (χ3v) is 16.7. The van der Waals surface area contributed by atoms with E-state index in [4.69, 9.17) is 61.6 Å². The molecule has 3 amide bonds. The predicted molar refractivity (Wildman–Crippen MR) is 282 cm³/mol. The first-order valence-electron chi connectivity index (χ1n) is 29.1. The summed E-state index contributed by atoms with van der Waals surface area (Å²) in [5.74, 6) is -8.15. The van der Waals surface area contributed by atoms with Crippen LogP contribution in [0, 0.1) is 0 Å². The zero-order chi connectivity index (χ0) is 68.3. The van der Waals surface area contributed by atoms with Crippen molar-refractivity contribution in [2.24, 2.45) is 0 Å². The highest BCUT2D eigenvalue weighted by atomic mass is 16.8. The molecule has 7 fully saturated rings. The summed E-state index contributed by atoms with van der Waals surface area (Å²) in [6, 6.07) is -5.54. The van der Waals surface area contributed by atoms with Crippen molar-refractivity contribution >= 4 is 23.7 Å². The number of carboxylic acids is 1. The molecule has 24 N–H and O–H groups in total. The molecule has 7 aliphatic heterocycles. The van der Waals surface area contributed by atoms with Crippen LogP contribution in [-0.2, 0) is 80.8 Å². The standard InChI is InChI=1S/C51H85N3O38/c1-12-26(66)32(72)33(73)47(80-12)88-40-25(54-15(4)63)46(85-22(11-60)38(40)87-49-36(76)43(30(70)20(9-58)83-49)92-51(50(78)79)5-16(64)23(52-13(2)61)39(91-51)27(67)17(65)6-55)90-42-29(69)19(8-57)82-48(35(42)75)86-37-21(10-59)84-45(24(31(37)71)53-14(3)62)89-41-28(68)18(7-56)81-44(77)34(41)74/h12,16-49,55-60,64-77H,5-11H2,1-4H3,(H,52,61)(H,53,62)(H,54,63)(H,78,79)/t12-,16-,17+,18+,19+,20+,21+,22+,23+,24+,25+,26+,27+,28-,29-,30-,31+,32+,33-,34+,35+,36+,37+,38+,39+,40+,41-,42-,43-,44+,45-,46-,47-,48-,49-,51-/m0/s1. The number of aliphatic hydroxyl groups is 20. The number of carbonyl (C=O) groups excluding carboxylic acids is 3. The zero-order valence-electron chi connectivity index (χ0n) is 49.5. The Morgan fingerprint density at radius 3 is 1.37 bits per heavy atom. The van der Waals surface area contributed by atoms with Crippen molar-refractivity contribution in [2.45, 2.75) is 254 Å². The van der Waals surface area contributed by atoms with Crippen molar-refractivity contribution < 1.29 is 188 Å². The minimum atomic E-state index is -3.29. The van der Waals surface area contributed by atoms with E-state index in [1.807, 2.05) is 0 Å². The van der Waals surface area contributed by atoms with Crippen molar-refractivity contribution in [2.75, 3.05) is 39.6 Å². The number of aliphatic hydroxyl groups excluding tert-OH is 20. The van der Waals surface area contributed by atoms with E-state index in [0.29, 0.717) is 0 Å². The molecule has 36 atom stereocenters. The van der Waals surface area contributed by atoms with Crippen LogP contribution in [0.2, 0.25) is 0 Å². The van der Waals surface area contributed by atoms with Gasteiger partial charge in [-0.25, -0.2) is 4.79 Å². The Bertz CT molecular complexity index is 2400. The summed E-state index contributed by atoms with van der Waals surface area (Å²) in [5.41, 5.74) is 0. The topological polar surface area (TPSA) is 649 Å². The Morgan fingerprint density at radius 1 is 0.446 bits per heavy atom. The van der Waals surface area contributed by atoms with E-state index in [-0.39, 0.29) is 0 Å². The molecule has 41 nitrogen and oxygen atoms in total. The second-order valence-electron chi connectivity index (χ2n) is 23.2. The van der Waals surface area contributed by atoms with Crippen molar-refractivity contribution in [1.82, 2.24) is 16.0 Å². The van der Waals surface area contributed by atoms with Crippen LogP contribution in [0.1, 0.15) is 34.1 Å². The third kappa shape index (κ3) is 16.2. The lowest BCUT2D eigenvalue weighted by Crippen LogP contribution is -2.72. The Kier molecular flexibility index (Phi) is 26.6. The number of hydrogen-bond acceptors (Lipinski definition) is 37.